The Bertz CT molecular complexity index is 460. The molecule has 0 amide bonds. The minimum Gasteiger partial charge on any atom is -0.386 e. The van der Waals surface area contributed by atoms with Gasteiger partial charge in [0.25, 0.3) is 0 Å². The van der Waals surface area contributed by atoms with Gasteiger partial charge in [-0.15, -0.1) is 0 Å². The Morgan fingerprint density at radius 3 is 3.11 bits per heavy atom. The highest BCUT2D eigenvalue weighted by atomic mass is 16.6. The molecule has 0 aliphatic carbocycles. The lowest BCUT2D eigenvalue weighted by atomic mass is 10.0. The van der Waals surface area contributed by atoms with Crippen LogP contribution in [0, 0.1) is 10.1 Å². The number of hydrogen-bond acceptors (Lipinski definition) is 8. The highest BCUT2D eigenvalue weighted by Crippen LogP contribution is 2.24. The van der Waals surface area contributed by atoms with E-state index < -0.39 is 10.5 Å². The molecule has 0 aromatic carbocycles. The van der Waals surface area contributed by atoms with Crippen LogP contribution in [0.25, 0.3) is 0 Å². The van der Waals surface area contributed by atoms with Crippen molar-refractivity contribution in [2.75, 3.05) is 30.8 Å². The molecule has 1 aromatic heterocycles. The van der Waals surface area contributed by atoms with Gasteiger partial charge < -0.3 is 20.9 Å². The highest BCUT2D eigenvalue weighted by molar-refractivity contribution is 5.56. The number of nitrogens with two attached hydrogens (primary N) is 1. The minimum absolute atomic E-state index is 0.00664. The molecular weight excluding hydrogens is 242 g/mol. The van der Waals surface area contributed by atoms with Crippen LogP contribution >= 0.6 is 0 Å². The van der Waals surface area contributed by atoms with Gasteiger partial charge in [-0.3, -0.25) is 10.1 Å². The molecule has 0 bridgehead atoms. The lowest BCUT2D eigenvalue weighted by Gasteiger charge is -2.20. The lowest BCUT2D eigenvalue weighted by Crippen LogP contribution is -2.37. The van der Waals surface area contributed by atoms with Gasteiger partial charge in [0.1, 0.15) is 11.8 Å². The minimum atomic E-state index is -1.03. The molecule has 1 aliphatic rings. The molecule has 1 unspecified atom stereocenters. The Kier molecular flexibility index (Phi) is 3.26. The van der Waals surface area contributed by atoms with Crippen molar-refractivity contribution in [3.8, 4) is 0 Å². The second-order valence-electron chi connectivity index (χ2n) is 4.10. The van der Waals surface area contributed by atoms with Crippen LogP contribution in [-0.4, -0.2) is 45.4 Å². The number of nitrogen functional groups attached to an aromatic ring is 1. The summed E-state index contributed by atoms with van der Waals surface area (Å²) in [5, 5.41) is 23.5. The average molecular weight is 255 g/mol. The van der Waals surface area contributed by atoms with Gasteiger partial charge in [-0.05, 0) is 0 Å². The zero-order valence-corrected chi connectivity index (χ0v) is 9.50. The Labute approximate surface area is 102 Å². The quantitative estimate of drug-likeness (QED) is 0.485. The van der Waals surface area contributed by atoms with E-state index >= 15 is 0 Å². The van der Waals surface area contributed by atoms with E-state index in [1.165, 1.54) is 0 Å². The van der Waals surface area contributed by atoms with Crippen LogP contribution in [0.5, 0.6) is 0 Å². The summed E-state index contributed by atoms with van der Waals surface area (Å²) in [4.78, 5) is 17.5. The van der Waals surface area contributed by atoms with Gasteiger partial charge in [-0.1, -0.05) is 0 Å². The largest absolute Gasteiger partial charge is 0.386 e. The molecule has 9 nitrogen and oxygen atoms in total. The number of nitro groups is 1. The predicted octanol–water partition coefficient (Wildman–Crippen LogP) is -0.470. The van der Waals surface area contributed by atoms with Crippen LogP contribution in [-0.2, 0) is 4.74 Å². The van der Waals surface area contributed by atoms with E-state index in [0.717, 1.165) is 6.20 Å². The van der Waals surface area contributed by atoms with Crippen molar-refractivity contribution in [3.63, 3.8) is 0 Å². The maximum atomic E-state index is 10.8. The summed E-state index contributed by atoms with van der Waals surface area (Å²) in [5.74, 6) is -0.0782. The number of aliphatic hydroxyl groups is 1. The fourth-order valence-corrected chi connectivity index (χ4v) is 1.64. The zero-order chi connectivity index (χ0) is 13.2. The third-order valence-electron chi connectivity index (χ3n) is 2.65. The van der Waals surface area contributed by atoms with Crippen LogP contribution in [0.4, 0.5) is 17.5 Å². The average Bonchev–Trinajstić information content (AvgIpc) is 2.74. The first-order valence-electron chi connectivity index (χ1n) is 5.31. The number of hydrogen-bond donors (Lipinski definition) is 3. The van der Waals surface area contributed by atoms with Gasteiger partial charge in [0, 0.05) is 19.6 Å². The maximum Gasteiger partial charge on any atom is 0.329 e. The van der Waals surface area contributed by atoms with Crippen molar-refractivity contribution < 1.29 is 14.8 Å². The number of nitrogens with one attached hydrogen (secondary N) is 1. The zero-order valence-electron chi connectivity index (χ0n) is 9.50. The smallest absolute Gasteiger partial charge is 0.329 e. The van der Waals surface area contributed by atoms with Crippen LogP contribution in [0.1, 0.15) is 6.42 Å². The molecule has 0 radical (unpaired) electrons. The molecule has 9 heteroatoms. The standard InChI is InChI=1S/C9H13N5O4/c10-8-11-3-6(14(16)17)7(13-8)12-4-9(15)1-2-18-5-9/h3,15H,1-2,4-5H2,(H3,10,11,12,13). The Morgan fingerprint density at radius 2 is 2.50 bits per heavy atom. The van der Waals surface area contributed by atoms with Crippen molar-refractivity contribution >= 4 is 17.5 Å². The summed E-state index contributed by atoms with van der Waals surface area (Å²) in [5.41, 5.74) is 4.05. The van der Waals surface area contributed by atoms with E-state index in [1.54, 1.807) is 0 Å². The molecular formula is C9H13N5O4. The van der Waals surface area contributed by atoms with E-state index in [1.807, 2.05) is 0 Å². The van der Waals surface area contributed by atoms with E-state index in [0.29, 0.717) is 13.0 Å². The number of rotatable bonds is 4. The number of nitrogens with zero attached hydrogens (tertiary/aromatic N) is 3. The van der Waals surface area contributed by atoms with Crippen LogP contribution < -0.4 is 11.1 Å². The normalized spacial score (nSPS) is 22.9. The molecule has 1 fully saturated rings. The molecule has 18 heavy (non-hydrogen) atoms. The van der Waals surface area contributed by atoms with Gasteiger partial charge in [0.2, 0.25) is 11.8 Å². The summed E-state index contributed by atoms with van der Waals surface area (Å²) >= 11 is 0. The molecule has 1 saturated heterocycles. The Balaban J connectivity index is 2.12. The summed E-state index contributed by atoms with van der Waals surface area (Å²) in [6, 6.07) is 0. The van der Waals surface area contributed by atoms with E-state index in [4.69, 9.17) is 10.5 Å². The summed E-state index contributed by atoms with van der Waals surface area (Å²) < 4.78 is 5.07. The molecule has 1 atom stereocenters. The number of ether oxygens (including phenoxy) is 1. The van der Waals surface area contributed by atoms with Crippen molar-refractivity contribution in [2.24, 2.45) is 0 Å². The SMILES string of the molecule is Nc1ncc([N+](=O)[O-])c(NCC2(O)CCOC2)n1. The van der Waals surface area contributed by atoms with Crippen molar-refractivity contribution in [3.05, 3.63) is 16.3 Å². The van der Waals surface area contributed by atoms with Gasteiger partial charge in [-0.2, -0.15) is 4.98 Å². The second kappa shape index (κ2) is 4.70. The number of anilines is 2. The van der Waals surface area contributed by atoms with Crippen LogP contribution in [0.3, 0.4) is 0 Å². The van der Waals surface area contributed by atoms with Crippen molar-refractivity contribution in [2.45, 2.75) is 12.0 Å². The summed E-state index contributed by atoms with van der Waals surface area (Å²) in [7, 11) is 0. The first-order chi connectivity index (χ1) is 8.50. The molecule has 0 spiro atoms. The third-order valence-corrected chi connectivity index (χ3v) is 2.65. The van der Waals surface area contributed by atoms with E-state index in [9.17, 15) is 15.2 Å². The third kappa shape index (κ3) is 2.63. The Hall–Kier alpha value is -2.00. The van der Waals surface area contributed by atoms with Crippen molar-refractivity contribution in [1.82, 2.24) is 9.97 Å². The maximum absolute atomic E-state index is 10.8. The number of aromatic nitrogens is 2. The molecule has 4 N–H and O–H groups in total. The van der Waals surface area contributed by atoms with Crippen LogP contribution in [0.2, 0.25) is 0 Å². The molecule has 1 aliphatic heterocycles. The first kappa shape index (κ1) is 12.5. The van der Waals surface area contributed by atoms with Gasteiger partial charge in [0.05, 0.1) is 11.5 Å². The fraction of sp³-hybridized carbons (Fsp3) is 0.556. The fourth-order valence-electron chi connectivity index (χ4n) is 1.64. The summed E-state index contributed by atoms with van der Waals surface area (Å²) in [6.07, 6.45) is 1.49. The molecule has 98 valence electrons. The van der Waals surface area contributed by atoms with Gasteiger partial charge in [0.15, 0.2) is 0 Å². The first-order valence-corrected chi connectivity index (χ1v) is 5.31. The summed E-state index contributed by atoms with van der Waals surface area (Å²) in [6.45, 7) is 0.755. The Morgan fingerprint density at radius 1 is 1.72 bits per heavy atom. The van der Waals surface area contributed by atoms with Gasteiger partial charge in [-0.25, -0.2) is 4.98 Å². The monoisotopic (exact) mass is 255 g/mol. The predicted molar refractivity (Wildman–Crippen MR) is 62.0 cm³/mol. The van der Waals surface area contributed by atoms with E-state index in [-0.39, 0.29) is 30.6 Å². The molecule has 2 heterocycles. The second-order valence-corrected chi connectivity index (χ2v) is 4.10. The van der Waals surface area contributed by atoms with Crippen molar-refractivity contribution in [1.29, 1.82) is 0 Å². The van der Waals surface area contributed by atoms with E-state index in [2.05, 4.69) is 15.3 Å². The van der Waals surface area contributed by atoms with Gasteiger partial charge >= 0.3 is 5.69 Å². The molecule has 0 saturated carbocycles. The van der Waals surface area contributed by atoms with Crippen LogP contribution in [0.15, 0.2) is 6.20 Å². The lowest BCUT2D eigenvalue weighted by molar-refractivity contribution is -0.384. The molecule has 1 aromatic rings. The molecule has 2 rings (SSSR count). The topological polar surface area (TPSA) is 136 Å². The highest BCUT2D eigenvalue weighted by Gasteiger charge is 2.33.